The van der Waals surface area contributed by atoms with E-state index < -0.39 is 0 Å². The van der Waals surface area contributed by atoms with E-state index in [1.807, 2.05) is 0 Å². The third-order valence-electron chi connectivity index (χ3n) is 6.20. The molecule has 2 nitrogen and oxygen atoms in total. The van der Waals surface area contributed by atoms with Crippen molar-refractivity contribution in [1.82, 2.24) is 10.6 Å². The van der Waals surface area contributed by atoms with Gasteiger partial charge in [-0.05, 0) is 118 Å². The van der Waals surface area contributed by atoms with E-state index in [0.717, 1.165) is 24.9 Å². The summed E-state index contributed by atoms with van der Waals surface area (Å²) < 4.78 is 0. The van der Waals surface area contributed by atoms with Crippen LogP contribution in [0.15, 0.2) is 46.6 Å². The molecule has 0 aromatic carbocycles. The van der Waals surface area contributed by atoms with E-state index in [2.05, 4.69) is 76.5 Å². The van der Waals surface area contributed by atoms with Crippen molar-refractivity contribution in [3.8, 4) is 0 Å². The van der Waals surface area contributed by atoms with Gasteiger partial charge in [0.05, 0.1) is 0 Å². The molecule has 0 aromatic rings. The zero-order chi connectivity index (χ0) is 22.2. The average Bonchev–Trinajstić information content (AvgIpc) is 2.69. The maximum atomic E-state index is 3.67. The highest BCUT2D eigenvalue weighted by molar-refractivity contribution is 5.85. The summed E-state index contributed by atoms with van der Waals surface area (Å²) in [5, 5.41) is 7.34. The van der Waals surface area contributed by atoms with Crippen LogP contribution < -0.4 is 10.6 Å². The maximum absolute atomic E-state index is 3.67. The molecule has 0 unspecified atom stereocenters. The molecule has 0 amide bonds. The van der Waals surface area contributed by atoms with Gasteiger partial charge in [0.1, 0.15) is 0 Å². The van der Waals surface area contributed by atoms with E-state index in [9.17, 15) is 0 Å². The number of rotatable bonds is 14. The molecule has 1 fully saturated rings. The van der Waals surface area contributed by atoms with Crippen molar-refractivity contribution in [3.63, 3.8) is 0 Å². The van der Waals surface area contributed by atoms with E-state index in [1.165, 1.54) is 86.7 Å². The summed E-state index contributed by atoms with van der Waals surface area (Å²) in [6, 6.07) is 0. The minimum absolute atomic E-state index is 0. The Kier molecular flexibility index (Phi) is 22.1. The van der Waals surface area contributed by atoms with Crippen molar-refractivity contribution in [2.75, 3.05) is 26.2 Å². The normalized spacial score (nSPS) is 18.9. The van der Waals surface area contributed by atoms with Gasteiger partial charge >= 0.3 is 0 Å². The topological polar surface area (TPSA) is 24.1 Å². The molecule has 1 aliphatic rings. The molecule has 0 radical (unpaired) electrons. The van der Waals surface area contributed by atoms with Gasteiger partial charge in [-0.3, -0.25) is 0 Å². The van der Waals surface area contributed by atoms with Gasteiger partial charge in [-0.2, -0.15) is 0 Å². The van der Waals surface area contributed by atoms with E-state index in [-0.39, 0.29) is 24.8 Å². The molecule has 1 aliphatic carbocycles. The summed E-state index contributed by atoms with van der Waals surface area (Å²) in [4.78, 5) is 0. The number of hydrogen-bond donors (Lipinski definition) is 2. The lowest BCUT2D eigenvalue weighted by Crippen LogP contribution is -2.30. The molecule has 0 atom stereocenters. The Morgan fingerprint density at radius 1 is 0.594 bits per heavy atom. The summed E-state index contributed by atoms with van der Waals surface area (Å²) in [5.74, 6) is 1.75. The summed E-state index contributed by atoms with van der Waals surface area (Å²) in [6.07, 6.45) is 19.7. The van der Waals surface area contributed by atoms with Crippen LogP contribution in [-0.2, 0) is 0 Å². The second-order valence-electron chi connectivity index (χ2n) is 9.94. The zero-order valence-electron chi connectivity index (χ0n) is 21.8. The SMILES string of the molecule is CC(C)=CCC/C(C)=C/CNCC1CCC(CNC/C=C(\C)CCC=C(C)C)CC1.Cl.Cl. The molecule has 188 valence electrons. The fourth-order valence-electron chi connectivity index (χ4n) is 4.09. The van der Waals surface area contributed by atoms with Gasteiger partial charge in [0.2, 0.25) is 0 Å². The Morgan fingerprint density at radius 3 is 1.25 bits per heavy atom. The quantitative estimate of drug-likeness (QED) is 0.191. The highest BCUT2D eigenvalue weighted by Gasteiger charge is 2.20. The maximum Gasteiger partial charge on any atom is 0.0137 e. The zero-order valence-corrected chi connectivity index (χ0v) is 23.4. The predicted molar refractivity (Wildman–Crippen MR) is 151 cm³/mol. The van der Waals surface area contributed by atoms with E-state index >= 15 is 0 Å². The Morgan fingerprint density at radius 2 is 0.938 bits per heavy atom. The van der Waals surface area contributed by atoms with Crippen LogP contribution in [0.4, 0.5) is 0 Å². The highest BCUT2D eigenvalue weighted by Crippen LogP contribution is 2.27. The lowest BCUT2D eigenvalue weighted by Gasteiger charge is -2.28. The molecule has 0 aliphatic heterocycles. The number of allylic oxidation sites excluding steroid dienone is 6. The molecule has 0 heterocycles. The fourth-order valence-corrected chi connectivity index (χ4v) is 4.09. The molecular weight excluding hydrogens is 435 g/mol. The van der Waals surface area contributed by atoms with Crippen molar-refractivity contribution >= 4 is 24.8 Å². The van der Waals surface area contributed by atoms with Gasteiger partial charge in [0.15, 0.2) is 0 Å². The molecular formula is C28H52Cl2N2. The molecule has 1 saturated carbocycles. The van der Waals surface area contributed by atoms with Gasteiger partial charge in [-0.1, -0.05) is 46.6 Å². The predicted octanol–water partition coefficient (Wildman–Crippen LogP) is 8.20. The van der Waals surface area contributed by atoms with Crippen molar-refractivity contribution in [1.29, 1.82) is 0 Å². The van der Waals surface area contributed by atoms with Crippen LogP contribution in [0.2, 0.25) is 0 Å². The first kappa shape index (κ1) is 33.6. The Bertz CT molecular complexity index is 522. The molecule has 2 N–H and O–H groups in total. The van der Waals surface area contributed by atoms with Gasteiger partial charge in [0, 0.05) is 13.1 Å². The fraction of sp³-hybridized carbons (Fsp3) is 0.714. The van der Waals surface area contributed by atoms with Crippen LogP contribution in [0.25, 0.3) is 0 Å². The Labute approximate surface area is 212 Å². The monoisotopic (exact) mass is 486 g/mol. The van der Waals surface area contributed by atoms with Crippen LogP contribution in [-0.4, -0.2) is 26.2 Å². The van der Waals surface area contributed by atoms with Crippen LogP contribution >= 0.6 is 24.8 Å². The lowest BCUT2D eigenvalue weighted by atomic mass is 9.82. The van der Waals surface area contributed by atoms with E-state index in [0.29, 0.717) is 0 Å². The van der Waals surface area contributed by atoms with Crippen molar-refractivity contribution in [2.24, 2.45) is 11.8 Å². The molecule has 1 rings (SSSR count). The Balaban J connectivity index is 0. The molecule has 0 spiro atoms. The van der Waals surface area contributed by atoms with E-state index in [1.54, 1.807) is 0 Å². The molecule has 0 saturated heterocycles. The van der Waals surface area contributed by atoms with Crippen LogP contribution in [0.5, 0.6) is 0 Å². The Hall–Kier alpha value is -0.540. The third kappa shape index (κ3) is 19.0. The number of hydrogen-bond acceptors (Lipinski definition) is 2. The van der Waals surface area contributed by atoms with Crippen LogP contribution in [0, 0.1) is 11.8 Å². The van der Waals surface area contributed by atoms with Crippen molar-refractivity contribution < 1.29 is 0 Å². The minimum atomic E-state index is 0. The first-order valence-electron chi connectivity index (χ1n) is 12.4. The minimum Gasteiger partial charge on any atom is -0.313 e. The summed E-state index contributed by atoms with van der Waals surface area (Å²) >= 11 is 0. The summed E-state index contributed by atoms with van der Waals surface area (Å²) in [7, 11) is 0. The second kappa shape index (κ2) is 21.0. The van der Waals surface area contributed by atoms with E-state index in [4.69, 9.17) is 0 Å². The third-order valence-corrected chi connectivity index (χ3v) is 6.20. The first-order valence-corrected chi connectivity index (χ1v) is 12.4. The number of halogens is 2. The molecule has 4 heteroatoms. The lowest BCUT2D eigenvalue weighted by molar-refractivity contribution is 0.265. The molecule has 0 bridgehead atoms. The van der Waals surface area contributed by atoms with Gasteiger partial charge in [0.25, 0.3) is 0 Å². The standard InChI is InChI=1S/C28H50N2.2ClH/c1-23(2)9-7-11-25(5)17-19-29-21-27-13-15-28(16-14-27)22-30-20-18-26(6)12-8-10-24(3)4;;/h9-10,17-18,27-30H,7-8,11-16,19-22H2,1-6H3;2*1H/b25-17+,26-18+;;. The first-order chi connectivity index (χ1) is 14.4. The number of nitrogens with one attached hydrogen (secondary N) is 2. The second-order valence-corrected chi connectivity index (χ2v) is 9.94. The average molecular weight is 488 g/mol. The summed E-state index contributed by atoms with van der Waals surface area (Å²) in [5.41, 5.74) is 5.87. The van der Waals surface area contributed by atoms with Gasteiger partial charge in [-0.25, -0.2) is 0 Å². The highest BCUT2D eigenvalue weighted by atomic mass is 35.5. The summed E-state index contributed by atoms with van der Waals surface area (Å²) in [6.45, 7) is 17.7. The van der Waals surface area contributed by atoms with Crippen molar-refractivity contribution in [3.05, 3.63) is 46.6 Å². The largest absolute Gasteiger partial charge is 0.313 e. The van der Waals surface area contributed by atoms with Gasteiger partial charge < -0.3 is 10.6 Å². The molecule has 32 heavy (non-hydrogen) atoms. The van der Waals surface area contributed by atoms with Gasteiger partial charge in [-0.15, -0.1) is 24.8 Å². The smallest absolute Gasteiger partial charge is 0.0137 e. The molecule has 0 aromatic heterocycles. The van der Waals surface area contributed by atoms with Crippen LogP contribution in [0.3, 0.4) is 0 Å². The van der Waals surface area contributed by atoms with Crippen molar-refractivity contribution in [2.45, 2.75) is 92.9 Å². The van der Waals surface area contributed by atoms with Crippen LogP contribution in [0.1, 0.15) is 92.9 Å².